The standard InChI is InChI=1S/C32H33Cl2N5O4.CO2/c1-3-27(40)35-19-23-9-13-24(33)18-22(23)12-16-28(41)37-26(17-20-7-5-4-6-8-20)31-38-29(30(34)39-31)21-10-14-25(15-11-21)36-32(42)43-2;2-1-3/h4-11,13-15,18,26H,3,12,16-17,19H2,1-2H3,(H,35,40)(H,36,42)(H,37,41)(H,38,39);/t26-;/m0./s1. The Morgan fingerprint density at radius 1 is 0.957 bits per heavy atom. The number of aryl methyl sites for hydroxylation is 1. The number of benzene rings is 3. The average molecular weight is 667 g/mol. The Morgan fingerprint density at radius 3 is 2.30 bits per heavy atom. The second kappa shape index (κ2) is 18.1. The average Bonchev–Trinajstić information content (AvgIpc) is 3.45. The second-order valence-corrected chi connectivity index (χ2v) is 10.7. The molecule has 11 nitrogen and oxygen atoms in total. The summed E-state index contributed by atoms with van der Waals surface area (Å²) >= 11 is 12.8. The van der Waals surface area contributed by atoms with E-state index in [4.69, 9.17) is 37.8 Å². The zero-order chi connectivity index (χ0) is 33.5. The van der Waals surface area contributed by atoms with Crippen LogP contribution in [0.4, 0.5) is 10.5 Å². The van der Waals surface area contributed by atoms with Crippen molar-refractivity contribution in [3.8, 4) is 11.3 Å². The number of amides is 3. The van der Waals surface area contributed by atoms with Crippen molar-refractivity contribution in [1.82, 2.24) is 20.6 Å². The van der Waals surface area contributed by atoms with Crippen molar-refractivity contribution < 1.29 is 28.7 Å². The molecule has 0 radical (unpaired) electrons. The first-order valence-electron chi connectivity index (χ1n) is 14.2. The van der Waals surface area contributed by atoms with Crippen molar-refractivity contribution in [3.05, 3.63) is 105 Å². The number of H-pyrrole nitrogens is 1. The molecule has 0 saturated heterocycles. The molecule has 46 heavy (non-hydrogen) atoms. The number of anilines is 1. The van der Waals surface area contributed by atoms with Crippen molar-refractivity contribution in [2.45, 2.75) is 45.2 Å². The van der Waals surface area contributed by atoms with E-state index in [9.17, 15) is 14.4 Å². The molecule has 0 saturated carbocycles. The highest BCUT2D eigenvalue weighted by molar-refractivity contribution is 6.32. The van der Waals surface area contributed by atoms with E-state index >= 15 is 0 Å². The van der Waals surface area contributed by atoms with E-state index < -0.39 is 12.1 Å². The molecule has 0 aliphatic carbocycles. The maximum Gasteiger partial charge on any atom is 0.411 e. The maximum atomic E-state index is 13.3. The lowest BCUT2D eigenvalue weighted by Crippen LogP contribution is -2.31. The van der Waals surface area contributed by atoms with Gasteiger partial charge in [0.05, 0.1) is 13.2 Å². The predicted molar refractivity (Wildman–Crippen MR) is 173 cm³/mol. The van der Waals surface area contributed by atoms with Crippen LogP contribution < -0.4 is 16.0 Å². The highest BCUT2D eigenvalue weighted by Crippen LogP contribution is 2.29. The van der Waals surface area contributed by atoms with Gasteiger partial charge in [-0.15, -0.1) is 0 Å². The molecule has 13 heteroatoms. The van der Waals surface area contributed by atoms with Gasteiger partial charge in [0, 0.05) is 35.7 Å². The first kappa shape index (κ1) is 35.5. The molecular weight excluding hydrogens is 633 g/mol. The van der Waals surface area contributed by atoms with Gasteiger partial charge in [0.2, 0.25) is 11.8 Å². The molecule has 0 fully saturated rings. The highest BCUT2D eigenvalue weighted by atomic mass is 35.5. The Bertz CT molecular complexity index is 1660. The summed E-state index contributed by atoms with van der Waals surface area (Å²) in [6.07, 6.45) is 1.21. The van der Waals surface area contributed by atoms with Crippen LogP contribution in [0.1, 0.15) is 48.3 Å². The van der Waals surface area contributed by atoms with Crippen molar-refractivity contribution in [2.75, 3.05) is 12.4 Å². The number of rotatable bonds is 12. The third kappa shape index (κ3) is 10.9. The molecule has 0 aliphatic heterocycles. The van der Waals surface area contributed by atoms with Gasteiger partial charge in [-0.1, -0.05) is 78.7 Å². The smallest absolute Gasteiger partial charge is 0.411 e. The number of hydrogen-bond donors (Lipinski definition) is 4. The van der Waals surface area contributed by atoms with Gasteiger partial charge in [-0.25, -0.2) is 9.78 Å². The van der Waals surface area contributed by atoms with Gasteiger partial charge in [-0.2, -0.15) is 9.59 Å². The number of methoxy groups -OCH3 is 1. The van der Waals surface area contributed by atoms with Crippen molar-refractivity contribution in [2.24, 2.45) is 0 Å². The lowest BCUT2D eigenvalue weighted by atomic mass is 10.0. The molecule has 1 heterocycles. The second-order valence-electron chi connectivity index (χ2n) is 9.92. The van der Waals surface area contributed by atoms with Crippen LogP contribution in [0.15, 0.2) is 72.8 Å². The first-order valence-corrected chi connectivity index (χ1v) is 15.0. The fourth-order valence-corrected chi connectivity index (χ4v) is 4.95. The van der Waals surface area contributed by atoms with Crippen molar-refractivity contribution in [3.63, 3.8) is 0 Å². The molecule has 4 aromatic rings. The fourth-order valence-electron chi connectivity index (χ4n) is 4.50. The summed E-state index contributed by atoms with van der Waals surface area (Å²) in [5.41, 5.74) is 4.64. The topological polar surface area (TPSA) is 159 Å². The summed E-state index contributed by atoms with van der Waals surface area (Å²) in [5, 5.41) is 9.50. The Kier molecular flexibility index (Phi) is 14.0. The van der Waals surface area contributed by atoms with E-state index in [1.54, 1.807) is 37.3 Å². The Balaban J connectivity index is 0.00000185. The molecule has 4 N–H and O–H groups in total. The van der Waals surface area contributed by atoms with Gasteiger partial charge in [-0.05, 0) is 53.8 Å². The molecule has 3 amide bonds. The van der Waals surface area contributed by atoms with Crippen LogP contribution in [-0.2, 0) is 43.3 Å². The fraction of sp³-hybridized carbons (Fsp3) is 0.242. The largest absolute Gasteiger partial charge is 0.453 e. The molecule has 1 atom stereocenters. The monoisotopic (exact) mass is 665 g/mol. The number of aromatic amines is 1. The lowest BCUT2D eigenvalue weighted by Gasteiger charge is -2.18. The number of halogens is 2. The van der Waals surface area contributed by atoms with Crippen LogP contribution in [0.3, 0.4) is 0 Å². The van der Waals surface area contributed by atoms with Crippen LogP contribution in [0.2, 0.25) is 10.2 Å². The van der Waals surface area contributed by atoms with Crippen LogP contribution in [0.25, 0.3) is 11.3 Å². The Hall–Kier alpha value is -4.96. The number of ether oxygens (including phenoxy) is 1. The van der Waals surface area contributed by atoms with E-state index in [0.29, 0.717) is 53.2 Å². The van der Waals surface area contributed by atoms with Gasteiger partial charge < -0.3 is 20.4 Å². The maximum absolute atomic E-state index is 13.3. The van der Waals surface area contributed by atoms with E-state index in [-0.39, 0.29) is 24.4 Å². The number of nitrogens with zero attached hydrogens (tertiary/aromatic N) is 1. The van der Waals surface area contributed by atoms with Gasteiger partial charge in [0.15, 0.2) is 0 Å². The number of imidazole rings is 1. The van der Waals surface area contributed by atoms with Gasteiger partial charge in [0.1, 0.15) is 16.7 Å². The zero-order valence-corrected chi connectivity index (χ0v) is 26.7. The van der Waals surface area contributed by atoms with Gasteiger partial charge in [0.25, 0.3) is 0 Å². The lowest BCUT2D eigenvalue weighted by molar-refractivity contribution is -0.191. The predicted octanol–water partition coefficient (Wildman–Crippen LogP) is 6.04. The summed E-state index contributed by atoms with van der Waals surface area (Å²) in [5.74, 6) is 0.295. The van der Waals surface area contributed by atoms with E-state index in [1.165, 1.54) is 7.11 Å². The zero-order valence-electron chi connectivity index (χ0n) is 25.2. The molecule has 240 valence electrons. The minimum atomic E-state index is -0.567. The summed E-state index contributed by atoms with van der Waals surface area (Å²) in [6.45, 7) is 2.16. The number of carbonyl (C=O) groups excluding carboxylic acids is 5. The number of carbonyl (C=O) groups is 3. The molecule has 1 aromatic heterocycles. The summed E-state index contributed by atoms with van der Waals surface area (Å²) < 4.78 is 4.63. The summed E-state index contributed by atoms with van der Waals surface area (Å²) in [6, 6.07) is 21.8. The van der Waals surface area contributed by atoms with Gasteiger partial charge in [-0.3, -0.25) is 14.9 Å². The number of nitrogens with one attached hydrogen (secondary N) is 4. The van der Waals surface area contributed by atoms with E-state index in [1.807, 2.05) is 42.5 Å². The summed E-state index contributed by atoms with van der Waals surface area (Å²) in [4.78, 5) is 60.7. The molecule has 0 bridgehead atoms. The van der Waals surface area contributed by atoms with Crippen molar-refractivity contribution in [1.29, 1.82) is 0 Å². The summed E-state index contributed by atoms with van der Waals surface area (Å²) in [7, 11) is 1.29. The normalized spacial score (nSPS) is 10.9. The Morgan fingerprint density at radius 2 is 1.65 bits per heavy atom. The molecule has 4 rings (SSSR count). The molecule has 3 aromatic carbocycles. The van der Waals surface area contributed by atoms with Crippen LogP contribution in [0, 0.1) is 0 Å². The quantitative estimate of drug-likeness (QED) is 0.144. The van der Waals surface area contributed by atoms with E-state index in [2.05, 4.69) is 25.7 Å². The molecule has 0 aliphatic rings. The highest BCUT2D eigenvalue weighted by Gasteiger charge is 2.22. The van der Waals surface area contributed by atoms with Crippen LogP contribution >= 0.6 is 23.2 Å². The number of hydrogen-bond acceptors (Lipinski definition) is 7. The van der Waals surface area contributed by atoms with Crippen LogP contribution in [-0.4, -0.2) is 41.1 Å². The third-order valence-electron chi connectivity index (χ3n) is 6.80. The molecular formula is C33H33Cl2N5O6. The van der Waals surface area contributed by atoms with E-state index in [0.717, 1.165) is 22.3 Å². The minimum Gasteiger partial charge on any atom is -0.453 e. The minimum absolute atomic E-state index is 0.0484. The Labute approximate surface area is 276 Å². The van der Waals surface area contributed by atoms with Gasteiger partial charge >= 0.3 is 12.2 Å². The number of aromatic nitrogens is 2. The van der Waals surface area contributed by atoms with Crippen molar-refractivity contribution >= 4 is 52.9 Å². The third-order valence-corrected chi connectivity index (χ3v) is 7.31. The SMILES string of the molecule is CCC(=O)NCc1ccc(Cl)cc1CCC(=O)N[C@@H](Cc1ccccc1)c1nc(-c2ccc(NC(=O)OC)cc2)c(Cl)[nH]1.O=C=O. The van der Waals surface area contributed by atoms with Crippen LogP contribution in [0.5, 0.6) is 0 Å². The molecule has 0 spiro atoms. The molecule has 0 unspecified atom stereocenters. The first-order chi connectivity index (χ1) is 22.2.